The van der Waals surface area contributed by atoms with Gasteiger partial charge in [-0.05, 0) is 45.0 Å². The molecule has 0 saturated heterocycles. The fourth-order valence-corrected chi connectivity index (χ4v) is 2.96. The predicted molar refractivity (Wildman–Crippen MR) is 110 cm³/mol. The molecule has 158 valence electrons. The molecule has 7 nitrogen and oxygen atoms in total. The maximum atomic E-state index is 12.8. The van der Waals surface area contributed by atoms with E-state index in [4.69, 9.17) is 23.7 Å². The molecule has 1 atom stereocenters. The first-order chi connectivity index (χ1) is 14.5. The summed E-state index contributed by atoms with van der Waals surface area (Å²) >= 11 is 0. The molecule has 3 rings (SSSR count). The van der Waals surface area contributed by atoms with Gasteiger partial charge in [-0.2, -0.15) is 0 Å². The fraction of sp³-hybridized carbons (Fsp3) is 0.304. The monoisotopic (exact) mass is 412 g/mol. The number of Topliss-reactive ketones (excluding diaryl/α,β-unsaturated/α-hetero) is 1. The topological polar surface area (TPSA) is 80.3 Å². The molecule has 0 saturated carbocycles. The van der Waals surface area contributed by atoms with Crippen molar-refractivity contribution in [1.29, 1.82) is 0 Å². The molecule has 0 spiro atoms. The first-order valence-corrected chi connectivity index (χ1v) is 9.69. The van der Waals surface area contributed by atoms with Gasteiger partial charge in [-0.15, -0.1) is 0 Å². The lowest BCUT2D eigenvalue weighted by Crippen LogP contribution is -2.26. The smallest absolute Gasteiger partial charge is 0.347 e. The van der Waals surface area contributed by atoms with Crippen LogP contribution in [0.15, 0.2) is 42.2 Å². The van der Waals surface area contributed by atoms with Gasteiger partial charge < -0.3 is 23.7 Å². The van der Waals surface area contributed by atoms with Crippen LogP contribution in [0, 0.1) is 0 Å². The molecular formula is C23H24O7. The molecule has 0 fully saturated rings. The third-order valence-electron chi connectivity index (χ3n) is 4.39. The van der Waals surface area contributed by atoms with E-state index in [1.807, 2.05) is 6.92 Å². The fourth-order valence-electron chi connectivity index (χ4n) is 2.96. The molecule has 1 heterocycles. The average molecular weight is 412 g/mol. The summed E-state index contributed by atoms with van der Waals surface area (Å²) < 4.78 is 27.5. The van der Waals surface area contributed by atoms with Crippen LogP contribution >= 0.6 is 0 Å². The Balaban J connectivity index is 1.96. The largest absolute Gasteiger partial charge is 0.497 e. The minimum absolute atomic E-state index is 0.139. The van der Waals surface area contributed by atoms with Gasteiger partial charge in [-0.1, -0.05) is 12.1 Å². The van der Waals surface area contributed by atoms with Crippen molar-refractivity contribution in [3.8, 4) is 23.0 Å². The Morgan fingerprint density at radius 1 is 1.17 bits per heavy atom. The number of methoxy groups -OCH3 is 1. The van der Waals surface area contributed by atoms with Gasteiger partial charge in [-0.3, -0.25) is 4.79 Å². The van der Waals surface area contributed by atoms with E-state index in [9.17, 15) is 9.59 Å². The molecule has 7 heteroatoms. The van der Waals surface area contributed by atoms with Gasteiger partial charge in [0.25, 0.3) is 0 Å². The minimum atomic E-state index is -0.856. The van der Waals surface area contributed by atoms with Crippen molar-refractivity contribution in [2.45, 2.75) is 26.9 Å². The Kier molecular flexibility index (Phi) is 6.61. The van der Waals surface area contributed by atoms with Crippen LogP contribution in [-0.4, -0.2) is 38.2 Å². The number of ether oxygens (including phenoxy) is 5. The number of hydrogen-bond donors (Lipinski definition) is 0. The number of hydrogen-bond acceptors (Lipinski definition) is 7. The van der Waals surface area contributed by atoms with Crippen LogP contribution in [0.3, 0.4) is 0 Å². The molecular weight excluding hydrogens is 388 g/mol. The predicted octanol–water partition coefficient (Wildman–Crippen LogP) is 4.04. The molecule has 0 unspecified atom stereocenters. The van der Waals surface area contributed by atoms with Crippen molar-refractivity contribution in [3.05, 3.63) is 53.3 Å². The molecule has 2 aromatic carbocycles. The van der Waals surface area contributed by atoms with Crippen LogP contribution in [0.2, 0.25) is 0 Å². The van der Waals surface area contributed by atoms with Gasteiger partial charge in [-0.25, -0.2) is 4.79 Å². The van der Waals surface area contributed by atoms with E-state index in [-0.39, 0.29) is 18.1 Å². The van der Waals surface area contributed by atoms with Gasteiger partial charge in [0.15, 0.2) is 23.4 Å². The van der Waals surface area contributed by atoms with Crippen LogP contribution in [0.25, 0.3) is 6.08 Å². The highest BCUT2D eigenvalue weighted by Crippen LogP contribution is 2.38. The van der Waals surface area contributed by atoms with Crippen LogP contribution in [0.1, 0.15) is 36.7 Å². The lowest BCUT2D eigenvalue weighted by atomic mass is 10.1. The van der Waals surface area contributed by atoms with Crippen LogP contribution in [-0.2, 0) is 9.53 Å². The summed E-state index contributed by atoms with van der Waals surface area (Å²) in [5.41, 5.74) is 0.991. The van der Waals surface area contributed by atoms with E-state index < -0.39 is 12.1 Å². The number of carbonyl (C=O) groups excluding carboxylic acids is 2. The standard InChI is InChI=1S/C23H24O7/c1-5-27-18-9-7-8-15(22(18)29-14(3)23(25)28-6-2)12-20-21(24)17-11-10-16(26-4)13-19(17)30-20/h7-14H,5-6H2,1-4H3/b20-12-/t14-/m1/s1. The molecule has 2 aromatic rings. The van der Waals surface area contributed by atoms with E-state index in [2.05, 4.69) is 0 Å². The van der Waals surface area contributed by atoms with Crippen LogP contribution < -0.4 is 18.9 Å². The Morgan fingerprint density at radius 2 is 1.97 bits per heavy atom. The quantitative estimate of drug-likeness (QED) is 0.478. The van der Waals surface area contributed by atoms with Crippen molar-refractivity contribution in [3.63, 3.8) is 0 Å². The number of allylic oxidation sites excluding steroid dienone is 1. The van der Waals surface area contributed by atoms with Crippen LogP contribution in [0.5, 0.6) is 23.0 Å². The SMILES string of the molecule is CCOC(=O)[C@@H](C)Oc1c(/C=C2\Oc3cc(OC)ccc3C2=O)cccc1OCC. The van der Waals surface area contributed by atoms with Gasteiger partial charge in [0.1, 0.15) is 11.5 Å². The zero-order valence-electron chi connectivity index (χ0n) is 17.4. The van der Waals surface area contributed by atoms with Gasteiger partial charge >= 0.3 is 5.97 Å². The lowest BCUT2D eigenvalue weighted by Gasteiger charge is -2.18. The third kappa shape index (κ3) is 4.40. The Morgan fingerprint density at radius 3 is 2.67 bits per heavy atom. The molecule has 0 amide bonds. The number of carbonyl (C=O) groups is 2. The molecule has 0 aromatic heterocycles. The highest BCUT2D eigenvalue weighted by molar-refractivity contribution is 6.14. The van der Waals surface area contributed by atoms with E-state index in [1.54, 1.807) is 63.4 Å². The second kappa shape index (κ2) is 9.35. The van der Waals surface area contributed by atoms with Crippen molar-refractivity contribution in [2.75, 3.05) is 20.3 Å². The second-order valence-corrected chi connectivity index (χ2v) is 6.42. The summed E-state index contributed by atoms with van der Waals surface area (Å²) in [5.74, 6) is 1.20. The molecule has 1 aliphatic heterocycles. The number of esters is 1. The zero-order chi connectivity index (χ0) is 21.7. The highest BCUT2D eigenvalue weighted by atomic mass is 16.6. The summed E-state index contributed by atoms with van der Waals surface area (Å²) in [4.78, 5) is 24.8. The Labute approximate surface area is 175 Å². The van der Waals surface area contributed by atoms with Gasteiger partial charge in [0, 0.05) is 11.6 Å². The third-order valence-corrected chi connectivity index (χ3v) is 4.39. The van der Waals surface area contributed by atoms with Gasteiger partial charge in [0.2, 0.25) is 5.78 Å². The summed E-state index contributed by atoms with van der Waals surface area (Å²) in [5, 5.41) is 0. The molecule has 30 heavy (non-hydrogen) atoms. The molecule has 0 bridgehead atoms. The van der Waals surface area contributed by atoms with Crippen LogP contribution in [0.4, 0.5) is 0 Å². The van der Waals surface area contributed by atoms with Crippen molar-refractivity contribution >= 4 is 17.8 Å². The molecule has 1 aliphatic rings. The number of fused-ring (bicyclic) bond motifs is 1. The molecule has 0 radical (unpaired) electrons. The maximum Gasteiger partial charge on any atom is 0.347 e. The number of rotatable bonds is 8. The van der Waals surface area contributed by atoms with Gasteiger partial charge in [0.05, 0.1) is 25.9 Å². The Hall–Kier alpha value is -3.48. The first-order valence-electron chi connectivity index (χ1n) is 9.69. The second-order valence-electron chi connectivity index (χ2n) is 6.42. The molecule has 0 aliphatic carbocycles. The number of para-hydroxylation sites is 1. The Bertz CT molecular complexity index is 978. The maximum absolute atomic E-state index is 12.8. The summed E-state index contributed by atoms with van der Waals surface area (Å²) in [6.07, 6.45) is 0.718. The van der Waals surface area contributed by atoms with Crippen molar-refractivity contribution in [2.24, 2.45) is 0 Å². The summed E-state index contributed by atoms with van der Waals surface area (Å²) in [6, 6.07) is 10.3. The average Bonchev–Trinajstić information content (AvgIpc) is 3.05. The van der Waals surface area contributed by atoms with E-state index >= 15 is 0 Å². The number of benzene rings is 2. The van der Waals surface area contributed by atoms with Crippen molar-refractivity contribution in [1.82, 2.24) is 0 Å². The van der Waals surface area contributed by atoms with Crippen molar-refractivity contribution < 1.29 is 33.3 Å². The summed E-state index contributed by atoms with van der Waals surface area (Å²) in [6.45, 7) is 5.82. The lowest BCUT2D eigenvalue weighted by molar-refractivity contribution is -0.150. The summed E-state index contributed by atoms with van der Waals surface area (Å²) in [7, 11) is 1.54. The first kappa shape index (κ1) is 21.2. The zero-order valence-corrected chi connectivity index (χ0v) is 17.4. The normalized spacial score (nSPS) is 14.7. The minimum Gasteiger partial charge on any atom is -0.497 e. The molecule has 0 N–H and O–H groups in total. The van der Waals surface area contributed by atoms with E-state index in [0.29, 0.717) is 40.7 Å². The van der Waals surface area contributed by atoms with E-state index in [1.165, 1.54) is 0 Å². The van der Waals surface area contributed by atoms with E-state index in [0.717, 1.165) is 0 Å². The number of ketones is 1. The highest BCUT2D eigenvalue weighted by Gasteiger charge is 2.29.